The average molecular weight is 119 g/mol. The van der Waals surface area contributed by atoms with Crippen LogP contribution in [0.1, 0.15) is 0 Å². The molecule has 4 heteroatoms. The molecular formula is H5BCaPS. The summed E-state index contributed by atoms with van der Waals surface area (Å²) in [6, 6.07) is 0. The Balaban J connectivity index is 0. The summed E-state index contributed by atoms with van der Waals surface area (Å²) < 4.78 is 0. The molecule has 0 aromatic carbocycles. The molecule has 0 aromatic rings. The van der Waals surface area contributed by atoms with Crippen molar-refractivity contribution in [3.8, 4) is 0 Å². The molecule has 0 nitrogen and oxygen atoms in total. The fraction of sp³-hybridized carbons (Fsp3) is 0. The van der Waals surface area contributed by atoms with Crippen LogP contribution in [0.5, 0.6) is 0 Å². The summed E-state index contributed by atoms with van der Waals surface area (Å²) in [7, 11) is 0. The minimum Gasteiger partial charge on any atom is -0.197 e. The van der Waals surface area contributed by atoms with Crippen LogP contribution in [0.2, 0.25) is 0 Å². The molecule has 0 fully saturated rings. The third kappa shape index (κ3) is 8.93. The molecule has 0 bridgehead atoms. The predicted molar refractivity (Wildman–Crippen MR) is 33.0 cm³/mol. The molecule has 0 N–H and O–H groups in total. The van der Waals surface area contributed by atoms with E-state index in [-0.39, 0.29) is 69.5 Å². The third-order valence-corrected chi connectivity index (χ3v) is 0. The summed E-state index contributed by atoms with van der Waals surface area (Å²) in [6.45, 7) is 0. The Morgan fingerprint density at radius 3 is 1.00 bits per heavy atom. The van der Waals surface area contributed by atoms with Crippen molar-refractivity contribution in [2.45, 2.75) is 0 Å². The SMILES string of the molecule is P.S.[B].[Ca]. The van der Waals surface area contributed by atoms with Crippen LogP contribution in [0.4, 0.5) is 0 Å². The van der Waals surface area contributed by atoms with Crippen molar-refractivity contribution >= 4 is 69.5 Å². The minimum atomic E-state index is 0. The summed E-state index contributed by atoms with van der Waals surface area (Å²) >= 11 is 0. The molecule has 0 amide bonds. The molecule has 0 rings (SSSR count). The Bertz CT molecular complexity index is 8.00. The third-order valence-electron chi connectivity index (χ3n) is 0. The molecule has 0 aromatic heterocycles. The maximum Gasteiger partial charge on any atom is 0 e. The molecule has 0 aliphatic heterocycles. The first-order chi connectivity index (χ1) is 0. The second-order valence-electron chi connectivity index (χ2n) is 0. The van der Waals surface area contributed by atoms with Gasteiger partial charge in [-0.05, 0) is 0 Å². The minimum absolute atomic E-state index is 0. The molecule has 0 aliphatic carbocycles. The molecule has 5 radical (unpaired) electrons. The molecule has 0 aliphatic rings. The second-order valence-corrected chi connectivity index (χ2v) is 0. The van der Waals surface area contributed by atoms with E-state index in [1.54, 1.807) is 0 Å². The van der Waals surface area contributed by atoms with Crippen LogP contribution in [0.3, 0.4) is 0 Å². The maximum absolute atomic E-state index is 0. The first-order valence-electron chi connectivity index (χ1n) is 0. The Labute approximate surface area is 68.8 Å². The van der Waals surface area contributed by atoms with Crippen LogP contribution in [-0.2, 0) is 0 Å². The fourth-order valence-electron chi connectivity index (χ4n) is 0. The molecule has 0 saturated carbocycles. The Morgan fingerprint density at radius 2 is 1.00 bits per heavy atom. The van der Waals surface area contributed by atoms with Crippen LogP contribution < -0.4 is 0 Å². The Hall–Kier alpha value is 2.10. The van der Waals surface area contributed by atoms with Crippen LogP contribution in [-0.4, -0.2) is 46.2 Å². The van der Waals surface area contributed by atoms with Gasteiger partial charge in [-0.15, -0.1) is 0 Å². The predicted octanol–water partition coefficient (Wildman–Crippen LogP) is -0.591. The summed E-state index contributed by atoms with van der Waals surface area (Å²) in [5.41, 5.74) is 0. The van der Waals surface area contributed by atoms with Gasteiger partial charge in [0.2, 0.25) is 0 Å². The Kier molecular flexibility index (Phi) is 174. The van der Waals surface area contributed by atoms with Crippen molar-refractivity contribution < 1.29 is 0 Å². The van der Waals surface area contributed by atoms with Gasteiger partial charge < -0.3 is 0 Å². The molecule has 0 saturated heterocycles. The standard InChI is InChI=1S/B.Ca.H3P.H2S/h;;1H3;1H2. The van der Waals surface area contributed by atoms with E-state index in [0.29, 0.717) is 0 Å². The van der Waals surface area contributed by atoms with E-state index in [9.17, 15) is 0 Å². The first-order valence-corrected chi connectivity index (χ1v) is 0. The maximum atomic E-state index is 0. The topological polar surface area (TPSA) is 0 Å². The largest absolute Gasteiger partial charge is 0.197 e. The van der Waals surface area contributed by atoms with Gasteiger partial charge in [0.15, 0.2) is 0 Å². The van der Waals surface area contributed by atoms with Gasteiger partial charge in [-0.3, -0.25) is 0 Å². The van der Waals surface area contributed by atoms with Crippen molar-refractivity contribution in [1.82, 2.24) is 0 Å². The van der Waals surface area contributed by atoms with Crippen molar-refractivity contribution in [1.29, 1.82) is 0 Å². The Morgan fingerprint density at radius 1 is 1.00 bits per heavy atom. The van der Waals surface area contributed by atoms with Crippen molar-refractivity contribution in [2.75, 3.05) is 0 Å². The van der Waals surface area contributed by atoms with Crippen LogP contribution in [0.15, 0.2) is 0 Å². The van der Waals surface area contributed by atoms with Gasteiger partial charge in [0.05, 0.1) is 0 Å². The van der Waals surface area contributed by atoms with Gasteiger partial charge in [-0.1, -0.05) is 0 Å². The van der Waals surface area contributed by atoms with E-state index in [1.165, 1.54) is 0 Å². The van der Waals surface area contributed by atoms with E-state index in [4.69, 9.17) is 0 Å². The van der Waals surface area contributed by atoms with Crippen molar-refractivity contribution in [2.24, 2.45) is 0 Å². The second kappa shape index (κ2) is 19.4. The fourth-order valence-corrected chi connectivity index (χ4v) is 0. The van der Waals surface area contributed by atoms with Gasteiger partial charge in [-0.2, -0.15) is 23.4 Å². The van der Waals surface area contributed by atoms with Gasteiger partial charge in [0.1, 0.15) is 0 Å². The van der Waals surface area contributed by atoms with E-state index < -0.39 is 0 Å². The summed E-state index contributed by atoms with van der Waals surface area (Å²) in [4.78, 5) is 0. The van der Waals surface area contributed by atoms with Gasteiger partial charge in [-0.25, -0.2) is 0 Å². The first kappa shape index (κ1) is 35.9. The van der Waals surface area contributed by atoms with Gasteiger partial charge >= 0.3 is 0 Å². The number of rotatable bonds is 0. The summed E-state index contributed by atoms with van der Waals surface area (Å²) in [5.74, 6) is 0. The van der Waals surface area contributed by atoms with Crippen molar-refractivity contribution in [3.05, 3.63) is 0 Å². The zero-order valence-corrected chi connectivity index (χ0v) is 7.11. The van der Waals surface area contributed by atoms with Gasteiger partial charge in [0.25, 0.3) is 0 Å². The van der Waals surface area contributed by atoms with Crippen molar-refractivity contribution in [3.63, 3.8) is 0 Å². The van der Waals surface area contributed by atoms with E-state index in [0.717, 1.165) is 0 Å². The average Bonchev–Trinajstić information content (AvgIpc) is 0. The molecule has 1 atom stereocenters. The van der Waals surface area contributed by atoms with E-state index in [1.807, 2.05) is 0 Å². The smallest absolute Gasteiger partial charge is 0 e. The van der Waals surface area contributed by atoms with Crippen LogP contribution in [0, 0.1) is 0 Å². The zero-order valence-electron chi connectivity index (χ0n) is 2.49. The molecule has 21 valence electrons. The van der Waals surface area contributed by atoms with E-state index in [2.05, 4.69) is 0 Å². The quantitative estimate of drug-likeness (QED) is 0.295. The molecule has 0 spiro atoms. The van der Waals surface area contributed by atoms with Crippen LogP contribution >= 0.6 is 23.4 Å². The van der Waals surface area contributed by atoms with Gasteiger partial charge in [0, 0.05) is 46.2 Å². The molecule has 4 heavy (non-hydrogen) atoms. The number of hydrogen-bond donors (Lipinski definition) is 0. The zero-order chi connectivity index (χ0) is 0. The van der Waals surface area contributed by atoms with Crippen LogP contribution in [0.25, 0.3) is 0 Å². The summed E-state index contributed by atoms with van der Waals surface area (Å²) in [6.07, 6.45) is 0. The number of hydrogen-bond acceptors (Lipinski definition) is 0. The normalized spacial score (nSPS) is 0. The van der Waals surface area contributed by atoms with E-state index >= 15 is 0 Å². The molecule has 1 unspecified atom stereocenters. The monoisotopic (exact) mass is 119 g/mol. The molecule has 0 heterocycles. The summed E-state index contributed by atoms with van der Waals surface area (Å²) in [5, 5.41) is 0. The molecular weight excluding hydrogens is 114 g/mol.